The summed E-state index contributed by atoms with van der Waals surface area (Å²) in [7, 11) is 0. The van der Waals surface area contributed by atoms with Crippen LogP contribution in [-0.2, 0) is 20.9 Å². The number of rotatable bonds is 2. The Morgan fingerprint density at radius 1 is 1.05 bits per heavy atom. The van der Waals surface area contributed by atoms with Crippen LogP contribution in [0.2, 0.25) is 0 Å². The van der Waals surface area contributed by atoms with E-state index >= 15 is 0 Å². The lowest BCUT2D eigenvalue weighted by molar-refractivity contribution is -0.159. The van der Waals surface area contributed by atoms with Gasteiger partial charge in [-0.15, -0.1) is 0 Å². The molecule has 2 amide bonds. The molecular weight excluding hydrogens is 264 g/mol. The SMILES string of the molecule is Nc1cc2c(cc1CN1C(=O)COCC1=O)OCCO2. The van der Waals surface area contributed by atoms with E-state index in [-0.39, 0.29) is 31.6 Å². The maximum Gasteiger partial charge on any atom is 0.255 e. The van der Waals surface area contributed by atoms with Crippen molar-refractivity contribution in [3.63, 3.8) is 0 Å². The molecule has 2 aliphatic rings. The van der Waals surface area contributed by atoms with Crippen molar-refractivity contribution in [3.8, 4) is 11.5 Å². The summed E-state index contributed by atoms with van der Waals surface area (Å²) in [5.41, 5.74) is 7.05. The third-order valence-corrected chi connectivity index (χ3v) is 3.19. The van der Waals surface area contributed by atoms with Crippen molar-refractivity contribution >= 4 is 17.5 Å². The molecule has 1 fully saturated rings. The minimum Gasteiger partial charge on any atom is -0.486 e. The normalized spacial score (nSPS) is 18.3. The van der Waals surface area contributed by atoms with E-state index in [1.807, 2.05) is 0 Å². The first kappa shape index (κ1) is 12.7. The monoisotopic (exact) mass is 278 g/mol. The molecule has 0 saturated carbocycles. The Morgan fingerprint density at radius 2 is 1.65 bits per heavy atom. The molecule has 0 aromatic heterocycles. The molecule has 20 heavy (non-hydrogen) atoms. The molecule has 1 aromatic rings. The Bertz CT molecular complexity index is 556. The molecule has 7 nitrogen and oxygen atoms in total. The number of morpholine rings is 1. The van der Waals surface area contributed by atoms with Gasteiger partial charge in [0, 0.05) is 11.8 Å². The number of hydrogen-bond acceptors (Lipinski definition) is 6. The first-order chi connectivity index (χ1) is 9.65. The van der Waals surface area contributed by atoms with Gasteiger partial charge in [-0.2, -0.15) is 0 Å². The molecule has 0 atom stereocenters. The van der Waals surface area contributed by atoms with Gasteiger partial charge in [-0.05, 0) is 11.6 Å². The zero-order chi connectivity index (χ0) is 14.1. The van der Waals surface area contributed by atoms with Crippen molar-refractivity contribution in [2.45, 2.75) is 6.54 Å². The van der Waals surface area contributed by atoms with Gasteiger partial charge in [0.1, 0.15) is 26.4 Å². The fourth-order valence-corrected chi connectivity index (χ4v) is 2.15. The quantitative estimate of drug-likeness (QED) is 0.601. The van der Waals surface area contributed by atoms with Crippen LogP contribution < -0.4 is 15.2 Å². The number of anilines is 1. The molecule has 106 valence electrons. The second-order valence-electron chi connectivity index (χ2n) is 4.56. The van der Waals surface area contributed by atoms with Crippen LogP contribution in [0.3, 0.4) is 0 Å². The highest BCUT2D eigenvalue weighted by molar-refractivity contribution is 5.98. The molecule has 0 aliphatic carbocycles. The van der Waals surface area contributed by atoms with Crippen LogP contribution >= 0.6 is 0 Å². The number of amides is 2. The lowest BCUT2D eigenvalue weighted by atomic mass is 10.1. The van der Waals surface area contributed by atoms with Crippen LogP contribution in [0.5, 0.6) is 11.5 Å². The number of nitrogens with two attached hydrogens (primary N) is 1. The molecule has 3 rings (SSSR count). The summed E-state index contributed by atoms with van der Waals surface area (Å²) in [5, 5.41) is 0. The standard InChI is InChI=1S/C13H14N2O5/c14-9-4-11-10(19-1-2-20-11)3-8(9)5-15-12(16)6-18-7-13(15)17/h3-4H,1-2,5-7,14H2. The third-order valence-electron chi connectivity index (χ3n) is 3.19. The Labute approximate surface area is 115 Å². The average Bonchev–Trinajstić information content (AvgIpc) is 2.43. The molecule has 1 aromatic carbocycles. The summed E-state index contributed by atoms with van der Waals surface area (Å²) in [5.74, 6) is 0.428. The molecule has 7 heteroatoms. The summed E-state index contributed by atoms with van der Waals surface area (Å²) in [4.78, 5) is 24.5. The number of hydrogen-bond donors (Lipinski definition) is 1. The molecule has 1 saturated heterocycles. The lowest BCUT2D eigenvalue weighted by Gasteiger charge is -2.26. The van der Waals surface area contributed by atoms with E-state index in [2.05, 4.69) is 0 Å². The minimum absolute atomic E-state index is 0.0871. The van der Waals surface area contributed by atoms with Gasteiger partial charge in [-0.25, -0.2) is 0 Å². The van der Waals surface area contributed by atoms with E-state index in [9.17, 15) is 9.59 Å². The maximum atomic E-state index is 11.7. The van der Waals surface area contributed by atoms with E-state index in [1.54, 1.807) is 12.1 Å². The van der Waals surface area contributed by atoms with Crippen LogP contribution in [0.1, 0.15) is 5.56 Å². The van der Waals surface area contributed by atoms with E-state index in [0.717, 1.165) is 4.90 Å². The highest BCUT2D eigenvalue weighted by Gasteiger charge is 2.27. The fourth-order valence-electron chi connectivity index (χ4n) is 2.15. The van der Waals surface area contributed by atoms with E-state index in [1.165, 1.54) is 0 Å². The molecule has 0 bridgehead atoms. The predicted octanol–water partition coefficient (Wildman–Crippen LogP) is -0.0746. The molecular formula is C13H14N2O5. The highest BCUT2D eigenvalue weighted by atomic mass is 16.6. The minimum atomic E-state index is -0.365. The van der Waals surface area contributed by atoms with Crippen molar-refractivity contribution in [3.05, 3.63) is 17.7 Å². The van der Waals surface area contributed by atoms with E-state index < -0.39 is 0 Å². The molecule has 2 N–H and O–H groups in total. The zero-order valence-corrected chi connectivity index (χ0v) is 10.8. The molecule has 0 unspecified atom stereocenters. The second kappa shape index (κ2) is 5.01. The van der Waals surface area contributed by atoms with Crippen LogP contribution in [0.15, 0.2) is 12.1 Å². The number of imide groups is 1. The number of fused-ring (bicyclic) bond motifs is 1. The van der Waals surface area contributed by atoms with Crippen molar-refractivity contribution in [2.24, 2.45) is 0 Å². The van der Waals surface area contributed by atoms with Gasteiger partial charge in [-0.3, -0.25) is 14.5 Å². The van der Waals surface area contributed by atoms with Crippen LogP contribution in [0.25, 0.3) is 0 Å². The number of benzene rings is 1. The van der Waals surface area contributed by atoms with Gasteiger partial charge >= 0.3 is 0 Å². The predicted molar refractivity (Wildman–Crippen MR) is 68.2 cm³/mol. The Balaban J connectivity index is 1.86. The molecule has 2 heterocycles. The Morgan fingerprint density at radius 3 is 2.30 bits per heavy atom. The van der Waals surface area contributed by atoms with Crippen molar-refractivity contribution < 1.29 is 23.8 Å². The van der Waals surface area contributed by atoms with Crippen molar-refractivity contribution in [1.82, 2.24) is 4.90 Å². The Hall–Kier alpha value is -2.28. The number of nitrogen functional groups attached to an aromatic ring is 1. The second-order valence-corrected chi connectivity index (χ2v) is 4.56. The summed E-state index contributed by atoms with van der Waals surface area (Å²) in [6.45, 7) is 0.883. The third kappa shape index (κ3) is 2.27. The maximum absolute atomic E-state index is 11.7. The first-order valence-corrected chi connectivity index (χ1v) is 6.24. The lowest BCUT2D eigenvalue weighted by Crippen LogP contribution is -2.45. The van der Waals surface area contributed by atoms with E-state index in [4.69, 9.17) is 19.9 Å². The zero-order valence-electron chi connectivity index (χ0n) is 10.8. The number of nitrogens with zero attached hydrogens (tertiary/aromatic N) is 1. The number of carbonyl (C=O) groups is 2. The summed E-state index contributed by atoms with van der Waals surface area (Å²) < 4.78 is 15.8. The number of carbonyl (C=O) groups excluding carboxylic acids is 2. The first-order valence-electron chi connectivity index (χ1n) is 6.24. The number of ether oxygens (including phenoxy) is 3. The van der Waals surface area contributed by atoms with Crippen molar-refractivity contribution in [2.75, 3.05) is 32.2 Å². The van der Waals surface area contributed by atoms with Gasteiger partial charge in [0.15, 0.2) is 11.5 Å². The fraction of sp³-hybridized carbons (Fsp3) is 0.385. The molecule has 2 aliphatic heterocycles. The summed E-state index contributed by atoms with van der Waals surface area (Å²) in [6, 6.07) is 3.36. The summed E-state index contributed by atoms with van der Waals surface area (Å²) in [6.07, 6.45) is 0. The van der Waals surface area contributed by atoms with Gasteiger partial charge in [-0.1, -0.05) is 0 Å². The van der Waals surface area contributed by atoms with Gasteiger partial charge in [0.2, 0.25) is 0 Å². The summed E-state index contributed by atoms with van der Waals surface area (Å²) >= 11 is 0. The van der Waals surface area contributed by atoms with Crippen LogP contribution in [0.4, 0.5) is 5.69 Å². The largest absolute Gasteiger partial charge is 0.486 e. The average molecular weight is 278 g/mol. The topological polar surface area (TPSA) is 91.1 Å². The van der Waals surface area contributed by atoms with Gasteiger partial charge in [0.05, 0.1) is 6.54 Å². The smallest absolute Gasteiger partial charge is 0.255 e. The van der Waals surface area contributed by atoms with Gasteiger partial charge in [0.25, 0.3) is 11.8 Å². The van der Waals surface area contributed by atoms with Crippen molar-refractivity contribution in [1.29, 1.82) is 0 Å². The highest BCUT2D eigenvalue weighted by Crippen LogP contribution is 2.35. The van der Waals surface area contributed by atoms with Crippen LogP contribution in [-0.4, -0.2) is 43.1 Å². The van der Waals surface area contributed by atoms with Gasteiger partial charge < -0.3 is 19.9 Å². The Kier molecular flexibility index (Phi) is 3.19. The molecule has 0 radical (unpaired) electrons. The van der Waals surface area contributed by atoms with Crippen LogP contribution in [0, 0.1) is 0 Å². The molecule has 0 spiro atoms. The van der Waals surface area contributed by atoms with E-state index in [0.29, 0.717) is 36.0 Å².